The van der Waals surface area contributed by atoms with Crippen LogP contribution >= 0.6 is 0 Å². The first-order valence-electron chi connectivity index (χ1n) is 9.56. The molecule has 148 valence electrons. The van der Waals surface area contributed by atoms with Gasteiger partial charge in [0.2, 0.25) is 0 Å². The van der Waals surface area contributed by atoms with Gasteiger partial charge < -0.3 is 4.90 Å². The second-order valence-electron chi connectivity index (χ2n) is 7.23. The summed E-state index contributed by atoms with van der Waals surface area (Å²) >= 11 is 0. The Morgan fingerprint density at radius 2 is 1.27 bits per heavy atom. The van der Waals surface area contributed by atoms with E-state index in [1.165, 1.54) is 0 Å². The van der Waals surface area contributed by atoms with E-state index in [1.54, 1.807) is 0 Å². The van der Waals surface area contributed by atoms with Crippen LogP contribution in [0.15, 0.2) is 78.9 Å². The summed E-state index contributed by atoms with van der Waals surface area (Å²) in [6.07, 6.45) is 0. The van der Waals surface area contributed by atoms with Crippen molar-refractivity contribution in [3.8, 4) is 22.5 Å². The first-order valence-corrected chi connectivity index (χ1v) is 9.56. The molecule has 5 rings (SSSR count). The van der Waals surface area contributed by atoms with Crippen LogP contribution in [0.1, 0.15) is 0 Å². The average Bonchev–Trinajstić information content (AvgIpc) is 2.79. The number of anilines is 1. The zero-order valence-corrected chi connectivity index (χ0v) is 18.9. The molecule has 2 heterocycles. The third-order valence-electron chi connectivity index (χ3n) is 5.08. The predicted molar refractivity (Wildman–Crippen MR) is 120 cm³/mol. The van der Waals surface area contributed by atoms with Crippen LogP contribution in [0.5, 0.6) is 0 Å². The third-order valence-corrected chi connectivity index (χ3v) is 5.08. The van der Waals surface area contributed by atoms with Crippen LogP contribution in [0.2, 0.25) is 0 Å². The summed E-state index contributed by atoms with van der Waals surface area (Å²) in [5, 5.41) is 2.15. The average molecular weight is 569 g/mol. The molecule has 0 aliphatic rings. The van der Waals surface area contributed by atoms with Crippen molar-refractivity contribution in [2.24, 2.45) is 0 Å². The van der Waals surface area contributed by atoms with Gasteiger partial charge in [-0.3, -0.25) is 9.97 Å². The molecule has 3 nitrogen and oxygen atoms in total. The molecule has 2 aromatic heterocycles. The normalized spacial score (nSPS) is 10.7. The van der Waals surface area contributed by atoms with Crippen molar-refractivity contribution in [2.75, 3.05) is 19.0 Å². The summed E-state index contributed by atoms with van der Waals surface area (Å²) in [5.74, 6) is 0. The summed E-state index contributed by atoms with van der Waals surface area (Å²) in [5.41, 5.74) is 6.69. The van der Waals surface area contributed by atoms with Gasteiger partial charge in [0.1, 0.15) is 0 Å². The number of aromatic nitrogens is 2. The largest absolute Gasteiger partial charge is 2.00 e. The van der Waals surface area contributed by atoms with E-state index in [0.29, 0.717) is 0 Å². The quantitative estimate of drug-likeness (QED) is 0.204. The van der Waals surface area contributed by atoms with Crippen LogP contribution in [0.3, 0.4) is 0 Å². The van der Waals surface area contributed by atoms with E-state index in [1.807, 2.05) is 62.6 Å². The summed E-state index contributed by atoms with van der Waals surface area (Å²) in [4.78, 5) is 12.0. The van der Waals surface area contributed by atoms with Crippen molar-refractivity contribution < 1.29 is 21.1 Å². The number of hydrogen-bond acceptors (Lipinski definition) is 3. The van der Waals surface area contributed by atoms with E-state index < -0.39 is 0 Å². The van der Waals surface area contributed by atoms with E-state index in [0.717, 1.165) is 50.0 Å². The Balaban J connectivity index is 0.00000218. The molecule has 0 amide bonds. The van der Waals surface area contributed by atoms with Crippen LogP contribution in [-0.4, -0.2) is 24.1 Å². The van der Waals surface area contributed by atoms with E-state index >= 15 is 0 Å². The third kappa shape index (κ3) is 3.74. The molecule has 0 bridgehead atoms. The summed E-state index contributed by atoms with van der Waals surface area (Å²) in [6, 6.07) is 33.1. The SMILES string of the molecule is CN(C)c1cc[c-]c(-c2ccc3ccc4ccc(-c5[c-]cccc5)nc4c3n2)c1.[Pt+2]. The number of fused-ring (bicyclic) bond motifs is 3. The fraction of sp³-hybridized carbons (Fsp3) is 0.0769. The molecule has 0 N–H and O–H groups in total. The van der Waals surface area contributed by atoms with Crippen molar-refractivity contribution in [3.63, 3.8) is 0 Å². The molecule has 0 aliphatic carbocycles. The molecule has 0 aliphatic heterocycles. The molecular weight excluding hydrogens is 549 g/mol. The molecule has 4 heteroatoms. The molecule has 30 heavy (non-hydrogen) atoms. The van der Waals surface area contributed by atoms with Gasteiger partial charge in [0.05, 0.1) is 11.0 Å². The number of nitrogens with zero attached hydrogens (tertiary/aromatic N) is 3. The minimum atomic E-state index is 0. The van der Waals surface area contributed by atoms with Gasteiger partial charge in [-0.1, -0.05) is 36.4 Å². The summed E-state index contributed by atoms with van der Waals surface area (Å²) < 4.78 is 0. The topological polar surface area (TPSA) is 29.0 Å². The Morgan fingerprint density at radius 1 is 0.667 bits per heavy atom. The van der Waals surface area contributed by atoms with Crippen LogP contribution < -0.4 is 4.90 Å². The van der Waals surface area contributed by atoms with Crippen LogP contribution in [0.4, 0.5) is 5.69 Å². The Hall–Kier alpha value is -3.03. The van der Waals surface area contributed by atoms with Gasteiger partial charge in [-0.2, -0.15) is 0 Å². The smallest absolute Gasteiger partial charge is 0.394 e. The van der Waals surface area contributed by atoms with Crippen LogP contribution in [-0.2, 0) is 21.1 Å². The van der Waals surface area contributed by atoms with Gasteiger partial charge in [-0.15, -0.1) is 65.7 Å². The Kier molecular flexibility index (Phi) is 5.65. The summed E-state index contributed by atoms with van der Waals surface area (Å²) in [7, 11) is 4.07. The zero-order chi connectivity index (χ0) is 19.8. The van der Waals surface area contributed by atoms with Gasteiger partial charge in [-0.05, 0) is 17.1 Å². The van der Waals surface area contributed by atoms with Gasteiger partial charge in [-0.25, -0.2) is 0 Å². The Morgan fingerprint density at radius 3 is 1.87 bits per heavy atom. The van der Waals surface area contributed by atoms with Crippen molar-refractivity contribution >= 4 is 27.5 Å². The van der Waals surface area contributed by atoms with E-state index in [2.05, 4.69) is 47.4 Å². The number of benzene rings is 3. The van der Waals surface area contributed by atoms with Gasteiger partial charge in [0, 0.05) is 24.9 Å². The zero-order valence-electron chi connectivity index (χ0n) is 16.7. The minimum Gasteiger partial charge on any atom is -0.394 e. The van der Waals surface area contributed by atoms with Gasteiger partial charge in [0.15, 0.2) is 0 Å². The molecule has 3 aromatic carbocycles. The number of rotatable bonds is 3. The number of hydrogen-bond donors (Lipinski definition) is 0. The van der Waals surface area contributed by atoms with E-state index in [-0.39, 0.29) is 21.1 Å². The fourth-order valence-corrected chi connectivity index (χ4v) is 3.50. The monoisotopic (exact) mass is 568 g/mol. The van der Waals surface area contributed by atoms with Crippen molar-refractivity contribution in [3.05, 3.63) is 91.0 Å². The minimum absolute atomic E-state index is 0. The molecule has 0 atom stereocenters. The van der Waals surface area contributed by atoms with Crippen molar-refractivity contribution in [1.82, 2.24) is 9.97 Å². The molecule has 0 saturated heterocycles. The van der Waals surface area contributed by atoms with Crippen LogP contribution in [0, 0.1) is 12.1 Å². The molecular formula is C26H19N3Pt. The van der Waals surface area contributed by atoms with E-state index in [4.69, 9.17) is 9.97 Å². The maximum atomic E-state index is 4.99. The first-order chi connectivity index (χ1) is 14.2. The van der Waals surface area contributed by atoms with Gasteiger partial charge >= 0.3 is 21.1 Å². The Bertz CT molecular complexity index is 1330. The maximum absolute atomic E-state index is 4.99. The van der Waals surface area contributed by atoms with Crippen LogP contribution in [0.25, 0.3) is 44.3 Å². The molecule has 0 fully saturated rings. The molecule has 5 aromatic rings. The Labute approximate surface area is 190 Å². The molecule has 0 saturated carbocycles. The van der Waals surface area contributed by atoms with Gasteiger partial charge in [0.25, 0.3) is 0 Å². The van der Waals surface area contributed by atoms with Crippen molar-refractivity contribution in [1.29, 1.82) is 0 Å². The van der Waals surface area contributed by atoms with Crippen molar-refractivity contribution in [2.45, 2.75) is 0 Å². The molecule has 0 unspecified atom stereocenters. The molecule has 0 spiro atoms. The maximum Gasteiger partial charge on any atom is 2.00 e. The standard InChI is InChI=1S/C26H19N3.Pt/c1-29(2)22-10-6-9-21(17-22)24-16-14-20-12-11-19-13-15-23(18-7-4-3-5-8-18)27-25(19)26(20)28-24;/h3-7,10-17H,1-2H3;/q-2;+2. The first kappa shape index (κ1) is 20.2. The predicted octanol–water partition coefficient (Wildman–Crippen LogP) is 5.78. The number of pyridine rings is 2. The van der Waals surface area contributed by atoms with E-state index in [9.17, 15) is 0 Å². The second-order valence-corrected chi connectivity index (χ2v) is 7.23. The fourth-order valence-electron chi connectivity index (χ4n) is 3.50. The molecule has 0 radical (unpaired) electrons. The summed E-state index contributed by atoms with van der Waals surface area (Å²) in [6.45, 7) is 0. The second kappa shape index (κ2) is 8.37.